The first-order chi connectivity index (χ1) is 24.8. The van der Waals surface area contributed by atoms with Gasteiger partial charge in [0.2, 0.25) is 0 Å². The maximum atomic E-state index is 5.37. The third-order valence-corrected chi connectivity index (χ3v) is 9.10. The summed E-state index contributed by atoms with van der Waals surface area (Å²) < 4.78 is 0. The molecule has 0 bridgehead atoms. The minimum atomic E-state index is 0.649. The second kappa shape index (κ2) is 12.7. The van der Waals surface area contributed by atoms with Gasteiger partial charge >= 0.3 is 0 Å². The van der Waals surface area contributed by atoms with Crippen LogP contribution < -0.4 is 0 Å². The zero-order valence-electron chi connectivity index (χ0n) is 27.1. The monoisotopic (exact) mass is 638 g/mol. The molecule has 0 spiro atoms. The molecule has 0 atom stereocenters. The van der Waals surface area contributed by atoms with E-state index in [4.69, 9.17) is 19.9 Å². The van der Waals surface area contributed by atoms with E-state index in [1.807, 2.05) is 60.7 Å². The summed E-state index contributed by atoms with van der Waals surface area (Å²) in [7, 11) is 0. The van der Waals surface area contributed by atoms with Gasteiger partial charge in [0.15, 0.2) is 5.82 Å². The highest BCUT2D eigenvalue weighted by Gasteiger charge is 2.17. The minimum Gasteiger partial charge on any atom is -0.245 e. The van der Waals surface area contributed by atoms with E-state index < -0.39 is 0 Å². The Balaban J connectivity index is 1.27. The summed E-state index contributed by atoms with van der Waals surface area (Å²) in [6.45, 7) is 0. The Morgan fingerprint density at radius 3 is 1.44 bits per heavy atom. The molecule has 6 aromatic carbocycles. The Kier molecular flexibility index (Phi) is 7.45. The molecule has 0 aliphatic heterocycles. The molecule has 0 saturated carbocycles. The van der Waals surface area contributed by atoms with Crippen molar-refractivity contribution in [1.29, 1.82) is 0 Å². The van der Waals surface area contributed by atoms with E-state index in [1.54, 1.807) is 0 Å². The van der Waals surface area contributed by atoms with Crippen LogP contribution in [0.25, 0.3) is 89.4 Å². The van der Waals surface area contributed by atoms with Gasteiger partial charge in [0.05, 0.1) is 33.8 Å². The van der Waals surface area contributed by atoms with Gasteiger partial charge in [-0.2, -0.15) is 0 Å². The molecule has 0 N–H and O–H groups in total. The van der Waals surface area contributed by atoms with Gasteiger partial charge in [0, 0.05) is 27.5 Å². The second-order valence-corrected chi connectivity index (χ2v) is 12.3. The van der Waals surface area contributed by atoms with Gasteiger partial charge < -0.3 is 0 Å². The van der Waals surface area contributed by atoms with Crippen LogP contribution in [0.1, 0.15) is 0 Å². The predicted octanol–water partition coefficient (Wildman–Crippen LogP) is 11.6. The third kappa shape index (κ3) is 5.59. The zero-order chi connectivity index (χ0) is 33.3. The molecule has 0 aliphatic carbocycles. The number of hydrogen-bond acceptors (Lipinski definition) is 4. The van der Waals surface area contributed by atoms with Crippen molar-refractivity contribution in [3.05, 3.63) is 182 Å². The molecule has 0 amide bonds. The highest BCUT2D eigenvalue weighted by Crippen LogP contribution is 2.37. The summed E-state index contributed by atoms with van der Waals surface area (Å²) in [5, 5.41) is 2.08. The number of rotatable bonds is 6. The second-order valence-electron chi connectivity index (χ2n) is 12.3. The average Bonchev–Trinajstić information content (AvgIpc) is 3.21. The van der Waals surface area contributed by atoms with Crippen LogP contribution in [0.4, 0.5) is 0 Å². The van der Waals surface area contributed by atoms with Crippen LogP contribution in [-0.4, -0.2) is 19.9 Å². The van der Waals surface area contributed by atoms with Crippen molar-refractivity contribution < 1.29 is 0 Å². The van der Waals surface area contributed by atoms with Gasteiger partial charge in [-0.1, -0.05) is 164 Å². The smallest absolute Gasteiger partial charge is 0.160 e. The maximum absolute atomic E-state index is 5.37. The zero-order valence-corrected chi connectivity index (χ0v) is 27.1. The molecule has 50 heavy (non-hydrogen) atoms. The summed E-state index contributed by atoms with van der Waals surface area (Å²) >= 11 is 0. The van der Waals surface area contributed by atoms with Crippen LogP contribution in [0, 0.1) is 0 Å². The molecule has 0 unspecified atom stereocenters. The summed E-state index contributed by atoms with van der Waals surface area (Å²) in [5.41, 5.74) is 12.5. The van der Waals surface area contributed by atoms with E-state index in [-0.39, 0.29) is 0 Å². The molecule has 0 aliphatic rings. The van der Waals surface area contributed by atoms with Gasteiger partial charge in [0.1, 0.15) is 0 Å². The summed E-state index contributed by atoms with van der Waals surface area (Å²) in [5.74, 6) is 0.649. The molecule has 0 fully saturated rings. The molecule has 4 nitrogen and oxygen atoms in total. The third-order valence-electron chi connectivity index (χ3n) is 9.10. The molecule has 9 rings (SSSR count). The highest BCUT2D eigenvalue weighted by molar-refractivity contribution is 6.09. The normalized spacial score (nSPS) is 11.2. The van der Waals surface area contributed by atoms with Crippen molar-refractivity contribution in [1.82, 2.24) is 19.9 Å². The van der Waals surface area contributed by atoms with Gasteiger partial charge in [-0.25, -0.2) is 19.9 Å². The average molecular weight is 639 g/mol. The fraction of sp³-hybridized carbons (Fsp3) is 0. The van der Waals surface area contributed by atoms with Crippen LogP contribution in [0.2, 0.25) is 0 Å². The minimum absolute atomic E-state index is 0.649. The highest BCUT2D eigenvalue weighted by atomic mass is 14.9. The molecule has 9 aromatic rings. The topological polar surface area (TPSA) is 51.6 Å². The molecular weight excluding hydrogens is 609 g/mol. The number of pyridine rings is 2. The first-order valence-corrected chi connectivity index (χ1v) is 16.7. The van der Waals surface area contributed by atoms with Crippen LogP contribution in [0.3, 0.4) is 0 Å². The van der Waals surface area contributed by atoms with E-state index in [1.165, 1.54) is 5.56 Å². The van der Waals surface area contributed by atoms with Crippen molar-refractivity contribution in [2.75, 3.05) is 0 Å². The van der Waals surface area contributed by atoms with Crippen LogP contribution in [0.15, 0.2) is 182 Å². The Hall–Kier alpha value is -6.78. The fourth-order valence-corrected chi connectivity index (χ4v) is 6.54. The standard InChI is InChI=1S/C46H30N4/c1-5-13-31(14-6-1)32-21-23-35(24-22-32)41-30-43(50-46(49-41)37-19-11-4-12-20-37)42-29-39(33-15-7-2-8-16-33)38-27-25-36-26-28-40(34-17-9-3-10-18-34)47-44(36)45(38)48-42/h1-30H. The lowest BCUT2D eigenvalue weighted by molar-refractivity contribution is 1.17. The number of nitrogens with zero attached hydrogens (tertiary/aromatic N) is 4. The molecule has 0 radical (unpaired) electrons. The molecule has 4 heteroatoms. The fourth-order valence-electron chi connectivity index (χ4n) is 6.54. The number of hydrogen-bond donors (Lipinski definition) is 0. The van der Waals surface area contributed by atoms with E-state index in [0.717, 1.165) is 78.0 Å². The number of benzene rings is 6. The maximum Gasteiger partial charge on any atom is 0.160 e. The molecule has 3 aromatic heterocycles. The lowest BCUT2D eigenvalue weighted by atomic mass is 9.97. The molecule has 0 saturated heterocycles. The Bertz CT molecular complexity index is 2600. The van der Waals surface area contributed by atoms with Crippen molar-refractivity contribution in [2.45, 2.75) is 0 Å². The number of fused-ring (bicyclic) bond motifs is 3. The van der Waals surface area contributed by atoms with E-state index in [9.17, 15) is 0 Å². The summed E-state index contributed by atoms with van der Waals surface area (Å²) in [4.78, 5) is 20.8. The largest absolute Gasteiger partial charge is 0.245 e. The van der Waals surface area contributed by atoms with Gasteiger partial charge in [0.25, 0.3) is 0 Å². The summed E-state index contributed by atoms with van der Waals surface area (Å²) in [6, 6.07) is 62.6. The van der Waals surface area contributed by atoms with Crippen molar-refractivity contribution in [3.8, 4) is 67.5 Å². The van der Waals surface area contributed by atoms with E-state index >= 15 is 0 Å². The van der Waals surface area contributed by atoms with Crippen LogP contribution in [-0.2, 0) is 0 Å². The van der Waals surface area contributed by atoms with Crippen LogP contribution >= 0.6 is 0 Å². The van der Waals surface area contributed by atoms with Crippen molar-refractivity contribution >= 4 is 21.8 Å². The molecule has 234 valence electrons. The first-order valence-electron chi connectivity index (χ1n) is 16.7. The van der Waals surface area contributed by atoms with Crippen molar-refractivity contribution in [2.24, 2.45) is 0 Å². The lowest BCUT2D eigenvalue weighted by Gasteiger charge is -2.14. The quantitative estimate of drug-likeness (QED) is 0.170. The summed E-state index contributed by atoms with van der Waals surface area (Å²) in [6.07, 6.45) is 0. The predicted molar refractivity (Wildman–Crippen MR) is 205 cm³/mol. The lowest BCUT2D eigenvalue weighted by Crippen LogP contribution is -1.99. The van der Waals surface area contributed by atoms with Crippen LogP contribution in [0.5, 0.6) is 0 Å². The Morgan fingerprint density at radius 2 is 0.760 bits per heavy atom. The first kappa shape index (κ1) is 29.4. The molecule has 3 heterocycles. The van der Waals surface area contributed by atoms with Crippen molar-refractivity contribution in [3.63, 3.8) is 0 Å². The van der Waals surface area contributed by atoms with E-state index in [2.05, 4.69) is 121 Å². The van der Waals surface area contributed by atoms with Gasteiger partial charge in [-0.15, -0.1) is 0 Å². The number of aromatic nitrogens is 4. The van der Waals surface area contributed by atoms with Gasteiger partial charge in [-0.3, -0.25) is 0 Å². The SMILES string of the molecule is c1ccc(-c2ccc(-c3cc(-c4cc(-c5ccccc5)c5ccc6ccc(-c7ccccc7)nc6c5n4)nc(-c4ccccc4)n3)cc2)cc1. The molecular formula is C46H30N4. The Morgan fingerprint density at radius 1 is 0.280 bits per heavy atom. The Labute approximate surface area is 290 Å². The van der Waals surface area contributed by atoms with E-state index in [0.29, 0.717) is 5.82 Å². The van der Waals surface area contributed by atoms with Gasteiger partial charge in [-0.05, 0) is 40.5 Å².